The number of nitrogens with one attached hydrogen (secondary N) is 1. The number of nitrogens with zero attached hydrogens (tertiary/aromatic N) is 1. The normalized spacial score (nSPS) is 11.2. The van der Waals surface area contributed by atoms with E-state index in [0.29, 0.717) is 18.1 Å². The van der Waals surface area contributed by atoms with Crippen LogP contribution in [-0.2, 0) is 21.2 Å². The lowest BCUT2D eigenvalue weighted by atomic mass is 10.3. The Hall–Kier alpha value is -2.13. The second kappa shape index (κ2) is 8.11. The highest BCUT2D eigenvalue weighted by Crippen LogP contribution is 2.22. The molecule has 7 nitrogen and oxygen atoms in total. The summed E-state index contributed by atoms with van der Waals surface area (Å²) in [5.41, 5.74) is 0.310. The lowest BCUT2D eigenvalue weighted by Crippen LogP contribution is -2.13. The number of thiazole rings is 1. The van der Waals surface area contributed by atoms with E-state index < -0.39 is 16.0 Å². The number of anilines is 1. The summed E-state index contributed by atoms with van der Waals surface area (Å²) in [5, 5.41) is 10.3. The highest BCUT2D eigenvalue weighted by molar-refractivity contribution is 7.93. The number of aliphatic carboxylic acids is 1. The van der Waals surface area contributed by atoms with Crippen molar-refractivity contribution in [2.24, 2.45) is 0 Å². The molecule has 0 spiro atoms. The van der Waals surface area contributed by atoms with Gasteiger partial charge in [0.05, 0.1) is 23.6 Å². The molecule has 0 atom stereocenters. The van der Waals surface area contributed by atoms with Gasteiger partial charge in [0, 0.05) is 5.38 Å². The highest BCUT2D eigenvalue weighted by atomic mass is 32.2. The van der Waals surface area contributed by atoms with Crippen LogP contribution in [-0.4, -0.2) is 31.1 Å². The minimum absolute atomic E-state index is 0.0836. The number of carboxylic acid groups (broad SMARTS) is 1. The molecule has 0 saturated carbocycles. The summed E-state index contributed by atoms with van der Waals surface area (Å²) < 4.78 is 32.4. The van der Waals surface area contributed by atoms with Gasteiger partial charge in [0.15, 0.2) is 5.13 Å². The summed E-state index contributed by atoms with van der Waals surface area (Å²) in [7, 11) is -3.78. The topological polar surface area (TPSA) is 106 Å². The zero-order valence-electron chi connectivity index (χ0n) is 13.1. The van der Waals surface area contributed by atoms with Crippen molar-refractivity contribution in [3.05, 3.63) is 35.3 Å². The van der Waals surface area contributed by atoms with E-state index in [1.54, 1.807) is 12.1 Å². The molecule has 1 heterocycles. The van der Waals surface area contributed by atoms with E-state index in [1.807, 2.05) is 0 Å². The third-order valence-corrected chi connectivity index (χ3v) is 5.30. The molecule has 0 aliphatic rings. The summed E-state index contributed by atoms with van der Waals surface area (Å²) in [5.74, 6) is -0.409. The van der Waals surface area contributed by atoms with Crippen molar-refractivity contribution < 1.29 is 23.1 Å². The monoisotopic (exact) mass is 370 g/mol. The van der Waals surface area contributed by atoms with E-state index in [1.165, 1.54) is 17.5 Å². The largest absolute Gasteiger partial charge is 0.494 e. The number of ether oxygens (including phenoxy) is 1. The number of aromatic nitrogens is 1. The van der Waals surface area contributed by atoms with Crippen LogP contribution in [0, 0.1) is 0 Å². The van der Waals surface area contributed by atoms with E-state index in [9.17, 15) is 13.2 Å². The number of unbranched alkanes of at least 4 members (excludes halogenated alkanes) is 1. The first kappa shape index (κ1) is 18.2. The highest BCUT2D eigenvalue weighted by Gasteiger charge is 2.16. The van der Waals surface area contributed by atoms with E-state index in [4.69, 9.17) is 9.84 Å². The third-order valence-electron chi connectivity index (χ3n) is 3.01. The number of hydrogen-bond acceptors (Lipinski definition) is 6. The lowest BCUT2D eigenvalue weighted by Gasteiger charge is -2.08. The molecular formula is C15H18N2O5S2. The maximum atomic E-state index is 12.3. The smallest absolute Gasteiger partial charge is 0.309 e. The minimum Gasteiger partial charge on any atom is -0.494 e. The van der Waals surface area contributed by atoms with Crippen LogP contribution in [0.2, 0.25) is 0 Å². The Morgan fingerprint density at radius 1 is 1.33 bits per heavy atom. The average molecular weight is 370 g/mol. The molecule has 2 aromatic rings. The average Bonchev–Trinajstić information content (AvgIpc) is 2.93. The minimum atomic E-state index is -3.78. The standard InChI is InChI=1S/C15H18N2O5S2/c1-2-3-8-22-12-4-6-13(7-5-12)24(20,21)17-15-16-11(10-23-15)9-14(18)19/h4-7,10H,2-3,8-9H2,1H3,(H,16,17)(H,18,19). The van der Waals surface area contributed by atoms with Crippen LogP contribution in [0.1, 0.15) is 25.5 Å². The van der Waals surface area contributed by atoms with Crippen LogP contribution in [0.5, 0.6) is 5.75 Å². The quantitative estimate of drug-likeness (QED) is 0.658. The lowest BCUT2D eigenvalue weighted by molar-refractivity contribution is -0.136. The molecule has 2 N–H and O–H groups in total. The van der Waals surface area contributed by atoms with Gasteiger partial charge in [-0.1, -0.05) is 13.3 Å². The third kappa shape index (κ3) is 5.20. The number of carboxylic acids is 1. The van der Waals surface area contributed by atoms with Gasteiger partial charge in [-0.3, -0.25) is 9.52 Å². The summed E-state index contributed by atoms with van der Waals surface area (Å²) in [6, 6.07) is 6.11. The van der Waals surface area contributed by atoms with E-state index in [2.05, 4.69) is 16.6 Å². The molecule has 0 fully saturated rings. The maximum absolute atomic E-state index is 12.3. The predicted molar refractivity (Wildman–Crippen MR) is 91.1 cm³/mol. The molecule has 1 aromatic carbocycles. The molecule has 24 heavy (non-hydrogen) atoms. The molecule has 0 bridgehead atoms. The second-order valence-corrected chi connectivity index (χ2v) is 7.53. The fourth-order valence-corrected chi connectivity index (χ4v) is 3.78. The Morgan fingerprint density at radius 2 is 2.04 bits per heavy atom. The van der Waals surface area contributed by atoms with Crippen molar-refractivity contribution in [3.8, 4) is 5.75 Å². The zero-order chi connectivity index (χ0) is 17.6. The molecule has 9 heteroatoms. The number of sulfonamides is 1. The van der Waals surface area contributed by atoms with Crippen molar-refractivity contribution in [1.29, 1.82) is 0 Å². The van der Waals surface area contributed by atoms with E-state index in [-0.39, 0.29) is 16.4 Å². The van der Waals surface area contributed by atoms with Crippen LogP contribution in [0.25, 0.3) is 0 Å². The first-order valence-electron chi connectivity index (χ1n) is 7.32. The van der Waals surface area contributed by atoms with Gasteiger partial charge in [-0.05, 0) is 30.7 Å². The van der Waals surface area contributed by atoms with Crippen LogP contribution < -0.4 is 9.46 Å². The molecule has 0 aliphatic carbocycles. The van der Waals surface area contributed by atoms with Crippen molar-refractivity contribution >= 4 is 32.5 Å². The first-order chi connectivity index (χ1) is 11.4. The summed E-state index contributed by atoms with van der Waals surface area (Å²) in [4.78, 5) is 14.7. The molecule has 0 radical (unpaired) electrons. The Labute approximate surface area is 144 Å². The van der Waals surface area contributed by atoms with Gasteiger partial charge in [-0.25, -0.2) is 13.4 Å². The van der Waals surface area contributed by atoms with Gasteiger partial charge in [0.2, 0.25) is 0 Å². The molecule has 0 amide bonds. The number of hydrogen-bond donors (Lipinski definition) is 2. The number of carbonyl (C=O) groups is 1. The number of benzene rings is 1. The Balaban J connectivity index is 2.04. The fraction of sp³-hybridized carbons (Fsp3) is 0.333. The van der Waals surface area contributed by atoms with Gasteiger partial charge in [0.25, 0.3) is 10.0 Å². The second-order valence-electron chi connectivity index (χ2n) is 4.99. The molecule has 1 aromatic heterocycles. The maximum Gasteiger partial charge on any atom is 0.309 e. The molecule has 0 saturated heterocycles. The van der Waals surface area contributed by atoms with Crippen LogP contribution >= 0.6 is 11.3 Å². The fourth-order valence-electron chi connectivity index (χ4n) is 1.81. The van der Waals surface area contributed by atoms with Gasteiger partial charge in [0.1, 0.15) is 5.75 Å². The first-order valence-corrected chi connectivity index (χ1v) is 9.69. The van der Waals surface area contributed by atoms with Crippen molar-refractivity contribution in [2.75, 3.05) is 11.3 Å². The summed E-state index contributed by atoms with van der Waals surface area (Å²) in [6.45, 7) is 2.65. The van der Waals surface area contributed by atoms with Gasteiger partial charge in [-0.15, -0.1) is 11.3 Å². The Kier molecular flexibility index (Phi) is 6.16. The SMILES string of the molecule is CCCCOc1ccc(S(=O)(=O)Nc2nc(CC(=O)O)cs2)cc1. The molecule has 0 aliphatic heterocycles. The predicted octanol–water partition coefficient (Wildman–Crippen LogP) is 2.75. The zero-order valence-corrected chi connectivity index (χ0v) is 14.7. The van der Waals surface area contributed by atoms with E-state index >= 15 is 0 Å². The van der Waals surface area contributed by atoms with E-state index in [0.717, 1.165) is 24.2 Å². The van der Waals surface area contributed by atoms with Crippen LogP contribution in [0.3, 0.4) is 0 Å². The summed E-state index contributed by atoms with van der Waals surface area (Å²) >= 11 is 1.04. The number of rotatable bonds is 9. The van der Waals surface area contributed by atoms with Crippen molar-refractivity contribution in [3.63, 3.8) is 0 Å². The summed E-state index contributed by atoms with van der Waals surface area (Å²) in [6.07, 6.45) is 1.71. The molecular weight excluding hydrogens is 352 g/mol. The van der Waals surface area contributed by atoms with Gasteiger partial charge in [-0.2, -0.15) is 0 Å². The van der Waals surface area contributed by atoms with Crippen LogP contribution in [0.4, 0.5) is 5.13 Å². The Bertz CT molecular complexity index is 784. The molecule has 0 unspecified atom stereocenters. The Morgan fingerprint density at radius 3 is 2.67 bits per heavy atom. The van der Waals surface area contributed by atoms with Crippen LogP contribution in [0.15, 0.2) is 34.5 Å². The van der Waals surface area contributed by atoms with Crippen molar-refractivity contribution in [1.82, 2.24) is 4.98 Å². The van der Waals surface area contributed by atoms with Gasteiger partial charge < -0.3 is 9.84 Å². The van der Waals surface area contributed by atoms with Crippen molar-refractivity contribution in [2.45, 2.75) is 31.1 Å². The molecule has 2 rings (SSSR count). The van der Waals surface area contributed by atoms with Gasteiger partial charge >= 0.3 is 5.97 Å². The molecule has 130 valence electrons.